The summed E-state index contributed by atoms with van der Waals surface area (Å²) in [5.41, 5.74) is 0. The molecule has 17 nitrogen and oxygen atoms in total. The Labute approximate surface area is 562 Å². The van der Waals surface area contributed by atoms with Gasteiger partial charge in [-0.25, -0.2) is 9.13 Å². The molecule has 0 saturated heterocycles. The second kappa shape index (κ2) is 62.6. The van der Waals surface area contributed by atoms with Crippen molar-refractivity contribution in [2.24, 2.45) is 23.7 Å². The van der Waals surface area contributed by atoms with Gasteiger partial charge in [0.2, 0.25) is 0 Å². The minimum Gasteiger partial charge on any atom is -0.462 e. The van der Waals surface area contributed by atoms with Crippen molar-refractivity contribution in [2.75, 3.05) is 39.6 Å². The Morgan fingerprint density at radius 2 is 0.522 bits per heavy atom. The van der Waals surface area contributed by atoms with Gasteiger partial charge in [0.1, 0.15) is 19.3 Å². The molecule has 4 unspecified atom stereocenters. The fraction of sp³-hybridized carbons (Fsp3) is 0.945. The minimum atomic E-state index is -4.96. The Balaban J connectivity index is 5.28. The number of carbonyl (C=O) groups is 4. The minimum absolute atomic E-state index is 0.104. The topological polar surface area (TPSA) is 237 Å². The first kappa shape index (κ1) is 90.1. The van der Waals surface area contributed by atoms with Crippen molar-refractivity contribution >= 4 is 39.5 Å². The molecule has 0 saturated carbocycles. The molecule has 19 heteroatoms. The zero-order valence-corrected chi connectivity index (χ0v) is 62.0. The van der Waals surface area contributed by atoms with Gasteiger partial charge in [0, 0.05) is 25.7 Å². The van der Waals surface area contributed by atoms with Gasteiger partial charge < -0.3 is 33.8 Å². The number of phosphoric ester groups is 2. The summed E-state index contributed by atoms with van der Waals surface area (Å²) in [6, 6.07) is 0. The van der Waals surface area contributed by atoms with Gasteiger partial charge in [-0.3, -0.25) is 37.3 Å². The Hall–Kier alpha value is -1.94. The van der Waals surface area contributed by atoms with Crippen molar-refractivity contribution in [3.05, 3.63) is 0 Å². The summed E-state index contributed by atoms with van der Waals surface area (Å²) >= 11 is 0. The number of ether oxygens (including phenoxy) is 4. The summed E-state index contributed by atoms with van der Waals surface area (Å²) in [6.45, 7) is 14.2. The van der Waals surface area contributed by atoms with Gasteiger partial charge in [0.15, 0.2) is 12.2 Å². The number of carbonyl (C=O) groups excluding carboxylic acids is 4. The number of esters is 4. The highest BCUT2D eigenvalue weighted by Crippen LogP contribution is 2.45. The average molecular weight is 1350 g/mol. The molecule has 3 N–H and O–H groups in total. The van der Waals surface area contributed by atoms with Crippen molar-refractivity contribution in [3.63, 3.8) is 0 Å². The molecule has 0 aromatic heterocycles. The molecule has 0 aromatic rings. The van der Waals surface area contributed by atoms with Crippen LogP contribution in [0.1, 0.15) is 364 Å². The van der Waals surface area contributed by atoms with E-state index in [1.165, 1.54) is 167 Å². The molecule has 0 rings (SSSR count). The van der Waals surface area contributed by atoms with Crippen molar-refractivity contribution in [1.82, 2.24) is 0 Å². The van der Waals surface area contributed by atoms with Crippen LogP contribution in [0.25, 0.3) is 0 Å². The van der Waals surface area contributed by atoms with Crippen LogP contribution in [0.5, 0.6) is 0 Å². The van der Waals surface area contributed by atoms with E-state index in [1.54, 1.807) is 0 Å². The van der Waals surface area contributed by atoms with E-state index in [4.69, 9.17) is 37.0 Å². The summed E-state index contributed by atoms with van der Waals surface area (Å²) < 4.78 is 68.4. The summed E-state index contributed by atoms with van der Waals surface area (Å²) in [5.74, 6) is 0.968. The van der Waals surface area contributed by atoms with Crippen LogP contribution in [-0.4, -0.2) is 96.7 Å². The van der Waals surface area contributed by atoms with E-state index < -0.39 is 97.5 Å². The van der Waals surface area contributed by atoms with Crippen molar-refractivity contribution in [1.29, 1.82) is 0 Å². The number of unbranched alkanes of at least 4 members (excludes halogenated alkanes) is 34. The largest absolute Gasteiger partial charge is 0.472 e. The molecule has 7 atom stereocenters. The van der Waals surface area contributed by atoms with Crippen molar-refractivity contribution in [3.8, 4) is 0 Å². The molecule has 546 valence electrons. The van der Waals surface area contributed by atoms with Crippen molar-refractivity contribution in [2.45, 2.75) is 382 Å². The molecule has 0 aromatic carbocycles. The van der Waals surface area contributed by atoms with Gasteiger partial charge in [-0.2, -0.15) is 0 Å². The van der Waals surface area contributed by atoms with Crippen LogP contribution in [0.2, 0.25) is 0 Å². The smallest absolute Gasteiger partial charge is 0.462 e. The first-order valence-corrected chi connectivity index (χ1v) is 40.8. The van der Waals surface area contributed by atoms with Gasteiger partial charge in [-0.15, -0.1) is 0 Å². The highest BCUT2D eigenvalue weighted by atomic mass is 31.2. The number of phosphoric acid groups is 2. The molecule has 0 aliphatic rings. The number of aliphatic hydroxyl groups excluding tert-OH is 1. The zero-order chi connectivity index (χ0) is 68.2. The summed E-state index contributed by atoms with van der Waals surface area (Å²) in [5, 5.41) is 10.6. The molecule has 0 radical (unpaired) electrons. The first-order chi connectivity index (χ1) is 44.2. The van der Waals surface area contributed by atoms with Gasteiger partial charge in [0.05, 0.1) is 26.4 Å². The lowest BCUT2D eigenvalue weighted by Crippen LogP contribution is -2.30. The van der Waals surface area contributed by atoms with Crippen LogP contribution < -0.4 is 0 Å². The normalized spacial score (nSPS) is 14.8. The molecule has 0 bridgehead atoms. The predicted molar refractivity (Wildman–Crippen MR) is 372 cm³/mol. The molecule has 0 aliphatic heterocycles. The standard InChI is InChI=1S/C73H142O17P2/c1-9-65(7)51-43-35-27-19-11-13-21-29-37-45-53-70(75)83-59-68(89-72(77)55-47-39-31-22-14-12-20-28-36-44-52-66(8)10-2)61-87-91(79,80)85-57-67(74)58-86-92(81,82)88-62-69(90-73(78)56-48-40-32-24-16-18-26-34-42-50-64(5)6)60-84-71(76)54-46-38-30-23-15-17-25-33-41-49-63(3)4/h63-69,74H,9-62H2,1-8H3,(H,79,80)(H,81,82)/t65?,66?,67-,68-,69-/m1/s1. The van der Waals surface area contributed by atoms with E-state index in [0.29, 0.717) is 25.7 Å². The predicted octanol–water partition coefficient (Wildman–Crippen LogP) is 20.9. The summed E-state index contributed by atoms with van der Waals surface area (Å²) in [4.78, 5) is 72.7. The Bertz CT molecular complexity index is 1820. The third kappa shape index (κ3) is 64.1. The number of hydrogen-bond donors (Lipinski definition) is 3. The fourth-order valence-corrected chi connectivity index (χ4v) is 12.5. The van der Waals surface area contributed by atoms with Crippen LogP contribution in [0, 0.1) is 23.7 Å². The van der Waals surface area contributed by atoms with Crippen LogP contribution in [0.3, 0.4) is 0 Å². The van der Waals surface area contributed by atoms with E-state index in [-0.39, 0.29) is 25.7 Å². The third-order valence-electron chi connectivity index (χ3n) is 17.5. The Morgan fingerprint density at radius 3 is 0.772 bits per heavy atom. The summed E-state index contributed by atoms with van der Waals surface area (Å²) in [7, 11) is -9.91. The lowest BCUT2D eigenvalue weighted by molar-refractivity contribution is -0.161. The lowest BCUT2D eigenvalue weighted by Gasteiger charge is -2.21. The van der Waals surface area contributed by atoms with Crippen LogP contribution in [0.4, 0.5) is 0 Å². The number of rotatable bonds is 70. The monoisotopic (exact) mass is 1350 g/mol. The van der Waals surface area contributed by atoms with Crippen LogP contribution >= 0.6 is 15.6 Å². The van der Waals surface area contributed by atoms with Crippen LogP contribution in [-0.2, 0) is 65.4 Å². The second-order valence-electron chi connectivity index (χ2n) is 27.8. The first-order valence-electron chi connectivity index (χ1n) is 37.8. The van der Waals surface area contributed by atoms with Gasteiger partial charge >= 0.3 is 39.5 Å². The second-order valence-corrected chi connectivity index (χ2v) is 30.7. The number of aliphatic hydroxyl groups is 1. The van der Waals surface area contributed by atoms with Crippen molar-refractivity contribution < 1.29 is 80.2 Å². The van der Waals surface area contributed by atoms with E-state index >= 15 is 0 Å². The third-order valence-corrected chi connectivity index (χ3v) is 19.4. The maximum atomic E-state index is 13.1. The van der Waals surface area contributed by atoms with Gasteiger partial charge in [-0.05, 0) is 49.4 Å². The maximum Gasteiger partial charge on any atom is 0.472 e. The van der Waals surface area contributed by atoms with Gasteiger partial charge in [-0.1, -0.05) is 312 Å². The molecule has 0 spiro atoms. The molecular weight excluding hydrogens is 1210 g/mol. The SMILES string of the molecule is CCC(C)CCCCCCCCCCCCC(=O)OC[C@H](COP(=O)(O)OC[C@@H](O)COP(=O)(O)OC[C@@H](COC(=O)CCCCCCCCCCCC(C)C)OC(=O)CCCCCCCCCCCC(C)C)OC(=O)CCCCCCCCCCCCC(C)CC. The lowest BCUT2D eigenvalue weighted by atomic mass is 9.99. The fourth-order valence-electron chi connectivity index (χ4n) is 11.0. The van der Waals surface area contributed by atoms with Crippen LogP contribution in [0.15, 0.2) is 0 Å². The molecule has 92 heavy (non-hydrogen) atoms. The molecule has 0 aliphatic carbocycles. The average Bonchev–Trinajstić information content (AvgIpc) is 1.70. The molecule has 0 amide bonds. The Morgan fingerprint density at radius 1 is 0.304 bits per heavy atom. The quantitative estimate of drug-likeness (QED) is 0.0222. The van der Waals surface area contributed by atoms with E-state index in [0.717, 1.165) is 114 Å². The summed E-state index contributed by atoms with van der Waals surface area (Å²) in [6.07, 6.45) is 45.6. The molecule has 0 heterocycles. The maximum absolute atomic E-state index is 13.1. The highest BCUT2D eigenvalue weighted by molar-refractivity contribution is 7.47. The van der Waals surface area contributed by atoms with E-state index in [2.05, 4.69) is 55.4 Å². The highest BCUT2D eigenvalue weighted by Gasteiger charge is 2.30. The Kier molecular flexibility index (Phi) is 61.3. The van der Waals surface area contributed by atoms with Gasteiger partial charge in [0.25, 0.3) is 0 Å². The molecular formula is C73H142O17P2. The number of hydrogen-bond acceptors (Lipinski definition) is 15. The molecule has 0 fully saturated rings. The van der Waals surface area contributed by atoms with E-state index in [1.807, 2.05) is 0 Å². The zero-order valence-electron chi connectivity index (χ0n) is 60.2. The van der Waals surface area contributed by atoms with E-state index in [9.17, 15) is 43.2 Å².